The number of nitrogens with one attached hydrogen (secondary N) is 1. The highest BCUT2D eigenvalue weighted by atomic mass is 35.5. The van der Waals surface area contributed by atoms with E-state index in [0.29, 0.717) is 22.9 Å². The average Bonchev–Trinajstić information content (AvgIpc) is 2.97. The van der Waals surface area contributed by atoms with Gasteiger partial charge in [-0.15, -0.1) is 0 Å². The molecule has 11 nitrogen and oxygen atoms in total. The molecule has 0 saturated heterocycles. The van der Waals surface area contributed by atoms with E-state index < -0.39 is 39.3 Å². The van der Waals surface area contributed by atoms with Crippen molar-refractivity contribution in [1.82, 2.24) is 10.2 Å². The largest absolute Gasteiger partial charge is 0.497 e. The highest BCUT2D eigenvalue weighted by molar-refractivity contribution is 7.92. The number of benzene rings is 3. The summed E-state index contributed by atoms with van der Waals surface area (Å²) < 4.78 is 34.1. The fourth-order valence-corrected chi connectivity index (χ4v) is 5.73. The Labute approximate surface area is 256 Å². The Morgan fingerprint density at radius 3 is 2.21 bits per heavy atom. The molecule has 1 atom stereocenters. The van der Waals surface area contributed by atoms with Gasteiger partial charge in [0.25, 0.3) is 15.7 Å². The van der Waals surface area contributed by atoms with E-state index in [1.54, 1.807) is 31.2 Å². The first kappa shape index (κ1) is 33.3. The number of nitro benzene ring substituents is 1. The third-order valence-corrected chi connectivity index (χ3v) is 8.74. The molecule has 2 amide bonds. The maximum Gasteiger partial charge on any atom is 0.273 e. The smallest absolute Gasteiger partial charge is 0.273 e. The molecular weight excluding hydrogens is 596 g/mol. The molecule has 0 aromatic heterocycles. The van der Waals surface area contributed by atoms with E-state index in [-0.39, 0.29) is 34.3 Å². The van der Waals surface area contributed by atoms with Crippen molar-refractivity contribution < 1.29 is 27.7 Å². The minimum atomic E-state index is -4.50. The first-order valence-electron chi connectivity index (χ1n) is 13.5. The summed E-state index contributed by atoms with van der Waals surface area (Å²) in [7, 11) is -3.04. The van der Waals surface area contributed by atoms with Crippen molar-refractivity contribution in [2.24, 2.45) is 5.92 Å². The lowest BCUT2D eigenvalue weighted by Crippen LogP contribution is -2.51. The SMILES string of the molecule is COc1ccc(N(CC(=O)N(Cc2ccc(Cl)cc2)C(C)C(=O)NCC(C)C)S(=O)(=O)c2ccc(C)c([N+](=O)[O-])c2)cc1. The molecule has 0 spiro atoms. The number of anilines is 1. The molecule has 1 unspecified atom stereocenters. The van der Waals surface area contributed by atoms with Gasteiger partial charge in [-0.3, -0.25) is 24.0 Å². The number of nitrogens with zero attached hydrogens (tertiary/aromatic N) is 3. The summed E-state index contributed by atoms with van der Waals surface area (Å²) in [5.41, 5.74) is 0.711. The van der Waals surface area contributed by atoms with Crippen LogP contribution in [0.5, 0.6) is 5.75 Å². The number of halogens is 1. The van der Waals surface area contributed by atoms with Gasteiger partial charge < -0.3 is 15.0 Å². The van der Waals surface area contributed by atoms with Gasteiger partial charge in [0.05, 0.1) is 22.6 Å². The second kappa shape index (κ2) is 14.3. The number of hydrogen-bond acceptors (Lipinski definition) is 7. The lowest BCUT2D eigenvalue weighted by atomic mass is 10.1. The third kappa shape index (κ3) is 8.45. The molecule has 13 heteroatoms. The predicted octanol–water partition coefficient (Wildman–Crippen LogP) is 4.95. The van der Waals surface area contributed by atoms with Crippen LogP contribution < -0.4 is 14.4 Å². The summed E-state index contributed by atoms with van der Waals surface area (Å²) in [5.74, 6) is -0.434. The zero-order valence-corrected chi connectivity index (χ0v) is 26.2. The number of sulfonamides is 1. The number of nitro groups is 1. The van der Waals surface area contributed by atoms with Gasteiger partial charge in [-0.2, -0.15) is 0 Å². The van der Waals surface area contributed by atoms with Gasteiger partial charge in [0.2, 0.25) is 11.8 Å². The molecule has 0 aliphatic heterocycles. The van der Waals surface area contributed by atoms with Crippen molar-refractivity contribution >= 4 is 44.8 Å². The first-order chi connectivity index (χ1) is 20.2. The van der Waals surface area contributed by atoms with E-state index in [0.717, 1.165) is 10.4 Å². The molecule has 0 aliphatic rings. The van der Waals surface area contributed by atoms with Crippen LogP contribution in [-0.2, 0) is 26.2 Å². The van der Waals surface area contributed by atoms with E-state index in [2.05, 4.69) is 5.32 Å². The molecule has 230 valence electrons. The number of rotatable bonds is 13. The number of methoxy groups -OCH3 is 1. The highest BCUT2D eigenvalue weighted by Crippen LogP contribution is 2.29. The van der Waals surface area contributed by atoms with Crippen LogP contribution in [0.4, 0.5) is 11.4 Å². The van der Waals surface area contributed by atoms with Crippen LogP contribution in [0.25, 0.3) is 0 Å². The average molecular weight is 631 g/mol. The minimum Gasteiger partial charge on any atom is -0.497 e. The van der Waals surface area contributed by atoms with Crippen LogP contribution in [0.1, 0.15) is 31.9 Å². The van der Waals surface area contributed by atoms with Gasteiger partial charge >= 0.3 is 0 Å². The number of aryl methyl sites for hydroxylation is 1. The van der Waals surface area contributed by atoms with Gasteiger partial charge in [0.1, 0.15) is 18.3 Å². The summed E-state index contributed by atoms with van der Waals surface area (Å²) in [5, 5.41) is 14.9. The van der Waals surface area contributed by atoms with Crippen molar-refractivity contribution in [3.05, 3.63) is 93.0 Å². The van der Waals surface area contributed by atoms with Gasteiger partial charge in [0, 0.05) is 29.7 Å². The van der Waals surface area contributed by atoms with Crippen molar-refractivity contribution in [3.8, 4) is 5.75 Å². The number of amides is 2. The molecule has 0 saturated carbocycles. The zero-order valence-electron chi connectivity index (χ0n) is 24.6. The fraction of sp³-hybridized carbons (Fsp3) is 0.333. The van der Waals surface area contributed by atoms with Crippen LogP contribution in [0.3, 0.4) is 0 Å². The first-order valence-corrected chi connectivity index (χ1v) is 15.3. The Hall–Kier alpha value is -4.16. The van der Waals surface area contributed by atoms with Crippen molar-refractivity contribution in [3.63, 3.8) is 0 Å². The molecule has 0 heterocycles. The van der Waals surface area contributed by atoms with E-state index in [1.807, 2.05) is 13.8 Å². The zero-order chi connectivity index (χ0) is 31.9. The van der Waals surface area contributed by atoms with E-state index in [4.69, 9.17) is 16.3 Å². The standard InChI is InChI=1S/C30H35ClN4O7S/c1-20(2)17-32-30(37)22(4)33(18-23-7-9-24(31)10-8-23)29(36)19-34(25-11-13-26(42-5)14-12-25)43(40,41)27-15-6-21(3)28(16-27)35(38)39/h6-16,20,22H,17-19H2,1-5H3,(H,32,37). The van der Waals surface area contributed by atoms with Gasteiger partial charge in [-0.1, -0.05) is 43.6 Å². The molecule has 0 radical (unpaired) electrons. The summed E-state index contributed by atoms with van der Waals surface area (Å²) in [6.45, 7) is 6.65. The summed E-state index contributed by atoms with van der Waals surface area (Å²) in [4.78, 5) is 38.9. The fourth-order valence-electron chi connectivity index (χ4n) is 4.17. The number of ether oxygens (including phenoxy) is 1. The number of hydrogen-bond donors (Lipinski definition) is 1. The second-order valence-electron chi connectivity index (χ2n) is 10.4. The molecule has 3 rings (SSSR count). The van der Waals surface area contributed by atoms with Crippen LogP contribution >= 0.6 is 11.6 Å². The predicted molar refractivity (Wildman–Crippen MR) is 165 cm³/mol. The van der Waals surface area contributed by atoms with Crippen molar-refractivity contribution in [2.45, 2.75) is 45.2 Å². The molecule has 3 aromatic carbocycles. The second-order valence-corrected chi connectivity index (χ2v) is 12.7. The number of carbonyl (C=O) groups excluding carboxylic acids is 2. The van der Waals surface area contributed by atoms with Gasteiger partial charge in [-0.25, -0.2) is 8.42 Å². The Morgan fingerprint density at radius 2 is 1.65 bits per heavy atom. The monoisotopic (exact) mass is 630 g/mol. The molecule has 0 fully saturated rings. The highest BCUT2D eigenvalue weighted by Gasteiger charge is 2.33. The Bertz CT molecular complexity index is 1560. The van der Waals surface area contributed by atoms with Gasteiger partial charge in [-0.05, 0) is 67.8 Å². The number of carbonyl (C=O) groups is 2. The van der Waals surface area contributed by atoms with Crippen molar-refractivity contribution in [1.29, 1.82) is 0 Å². The maximum absolute atomic E-state index is 14.0. The van der Waals surface area contributed by atoms with E-state index in [9.17, 15) is 28.1 Å². The Kier molecular flexibility index (Phi) is 11.1. The summed E-state index contributed by atoms with van der Waals surface area (Å²) in [6, 6.07) is 15.4. The lowest BCUT2D eigenvalue weighted by molar-refractivity contribution is -0.385. The molecule has 0 bridgehead atoms. The third-order valence-electron chi connectivity index (χ3n) is 6.72. The molecular formula is C30H35ClN4O7S. The lowest BCUT2D eigenvalue weighted by Gasteiger charge is -2.32. The topological polar surface area (TPSA) is 139 Å². The molecule has 0 aliphatic carbocycles. The Balaban J connectivity index is 2.07. The molecule has 1 N–H and O–H groups in total. The van der Waals surface area contributed by atoms with E-state index >= 15 is 0 Å². The van der Waals surface area contributed by atoms with Crippen LogP contribution in [0.2, 0.25) is 5.02 Å². The van der Waals surface area contributed by atoms with Crippen LogP contribution in [-0.4, -0.2) is 56.3 Å². The maximum atomic E-state index is 14.0. The minimum absolute atomic E-state index is 0.00122. The van der Waals surface area contributed by atoms with E-state index in [1.165, 1.54) is 55.3 Å². The normalized spacial score (nSPS) is 12.0. The van der Waals surface area contributed by atoms with Gasteiger partial charge in [0.15, 0.2) is 0 Å². The van der Waals surface area contributed by atoms with Crippen LogP contribution in [0.15, 0.2) is 71.6 Å². The quantitative estimate of drug-likeness (QED) is 0.208. The van der Waals surface area contributed by atoms with Crippen molar-refractivity contribution in [2.75, 3.05) is 24.5 Å². The van der Waals surface area contributed by atoms with Crippen LogP contribution in [0, 0.1) is 23.0 Å². The Morgan fingerprint density at radius 1 is 1.02 bits per heavy atom. The summed E-state index contributed by atoms with van der Waals surface area (Å²) in [6.07, 6.45) is 0. The molecule has 43 heavy (non-hydrogen) atoms. The summed E-state index contributed by atoms with van der Waals surface area (Å²) >= 11 is 6.03. The molecule has 3 aromatic rings.